The van der Waals surface area contributed by atoms with Crippen molar-refractivity contribution in [2.75, 3.05) is 18.0 Å². The van der Waals surface area contributed by atoms with Gasteiger partial charge >= 0.3 is 0 Å². The normalized spacial score (nSPS) is 14.2. The Labute approximate surface area is 139 Å². The third-order valence-corrected chi connectivity index (χ3v) is 4.60. The standard InChI is InChI=1S/C20H18N2O2/c23-18(14-8-2-1-3-9-14)17-15-10-4-5-11-16(15)20(24)21-19(17)22-12-6-7-13-22/h1-5,8-11H,6-7,12-13H2,(H,21,24). The lowest BCUT2D eigenvalue weighted by atomic mass is 9.98. The number of nitrogens with one attached hydrogen (secondary N) is 1. The molecule has 1 aliphatic rings. The quantitative estimate of drug-likeness (QED) is 0.753. The summed E-state index contributed by atoms with van der Waals surface area (Å²) in [5.74, 6) is 0.606. The fraction of sp³-hybridized carbons (Fsp3) is 0.200. The van der Waals surface area contributed by atoms with E-state index in [4.69, 9.17) is 0 Å². The van der Waals surface area contributed by atoms with Crippen molar-refractivity contribution in [2.24, 2.45) is 0 Å². The largest absolute Gasteiger partial charge is 0.357 e. The summed E-state index contributed by atoms with van der Waals surface area (Å²) in [4.78, 5) is 30.8. The van der Waals surface area contributed by atoms with E-state index in [1.807, 2.05) is 48.5 Å². The number of nitrogens with zero attached hydrogens (tertiary/aromatic N) is 1. The molecule has 0 saturated carbocycles. The van der Waals surface area contributed by atoms with E-state index in [1.54, 1.807) is 6.07 Å². The molecule has 120 valence electrons. The Bertz CT molecular complexity index is 954. The van der Waals surface area contributed by atoms with Crippen LogP contribution < -0.4 is 10.5 Å². The van der Waals surface area contributed by atoms with Gasteiger partial charge in [-0.1, -0.05) is 48.5 Å². The minimum absolute atomic E-state index is 0.0510. The summed E-state index contributed by atoms with van der Waals surface area (Å²) < 4.78 is 0. The van der Waals surface area contributed by atoms with Gasteiger partial charge < -0.3 is 9.88 Å². The molecule has 4 nitrogen and oxygen atoms in total. The van der Waals surface area contributed by atoms with Crippen molar-refractivity contribution in [1.82, 2.24) is 4.98 Å². The van der Waals surface area contributed by atoms with Crippen LogP contribution in [0.25, 0.3) is 10.8 Å². The van der Waals surface area contributed by atoms with Crippen LogP contribution in [0.1, 0.15) is 28.8 Å². The smallest absolute Gasteiger partial charge is 0.257 e. The van der Waals surface area contributed by atoms with Gasteiger partial charge in [0.05, 0.1) is 5.56 Å². The van der Waals surface area contributed by atoms with Gasteiger partial charge in [0.2, 0.25) is 0 Å². The number of anilines is 1. The Morgan fingerprint density at radius 1 is 0.875 bits per heavy atom. The van der Waals surface area contributed by atoms with Crippen LogP contribution >= 0.6 is 0 Å². The molecule has 0 unspecified atom stereocenters. The van der Waals surface area contributed by atoms with E-state index in [0.29, 0.717) is 22.3 Å². The fourth-order valence-electron chi connectivity index (χ4n) is 3.41. The van der Waals surface area contributed by atoms with E-state index in [-0.39, 0.29) is 11.3 Å². The van der Waals surface area contributed by atoms with Gasteiger partial charge in [0.1, 0.15) is 5.82 Å². The topological polar surface area (TPSA) is 53.2 Å². The van der Waals surface area contributed by atoms with Crippen LogP contribution in [-0.4, -0.2) is 23.9 Å². The van der Waals surface area contributed by atoms with E-state index in [2.05, 4.69) is 9.88 Å². The Balaban J connectivity index is 2.00. The van der Waals surface area contributed by atoms with E-state index in [1.165, 1.54) is 0 Å². The lowest BCUT2D eigenvalue weighted by molar-refractivity contribution is 0.104. The lowest BCUT2D eigenvalue weighted by Gasteiger charge is -2.21. The van der Waals surface area contributed by atoms with Crippen LogP contribution in [0.3, 0.4) is 0 Å². The number of carbonyl (C=O) groups excluding carboxylic acids is 1. The van der Waals surface area contributed by atoms with Crippen molar-refractivity contribution in [3.63, 3.8) is 0 Å². The molecule has 0 amide bonds. The first-order valence-corrected chi connectivity index (χ1v) is 8.25. The average molecular weight is 318 g/mol. The van der Waals surface area contributed by atoms with E-state index in [9.17, 15) is 9.59 Å². The van der Waals surface area contributed by atoms with Crippen molar-refractivity contribution in [1.29, 1.82) is 0 Å². The summed E-state index contributed by atoms with van der Waals surface area (Å²) in [7, 11) is 0. The van der Waals surface area contributed by atoms with Crippen molar-refractivity contribution in [3.8, 4) is 0 Å². The average Bonchev–Trinajstić information content (AvgIpc) is 3.16. The Morgan fingerprint density at radius 2 is 1.50 bits per heavy atom. The monoisotopic (exact) mass is 318 g/mol. The van der Waals surface area contributed by atoms with Gasteiger partial charge in [-0.05, 0) is 18.9 Å². The molecular weight excluding hydrogens is 300 g/mol. The minimum atomic E-state index is -0.142. The predicted molar refractivity (Wildman–Crippen MR) is 95.9 cm³/mol. The number of fused-ring (bicyclic) bond motifs is 1. The number of aromatic amines is 1. The maximum Gasteiger partial charge on any atom is 0.257 e. The second-order valence-electron chi connectivity index (χ2n) is 6.11. The predicted octanol–water partition coefficient (Wildman–Crippen LogP) is 3.36. The van der Waals surface area contributed by atoms with Gasteiger partial charge in [-0.2, -0.15) is 0 Å². The third kappa shape index (κ3) is 2.40. The van der Waals surface area contributed by atoms with Gasteiger partial charge in [0.25, 0.3) is 5.56 Å². The Kier molecular flexibility index (Phi) is 3.65. The number of aromatic nitrogens is 1. The van der Waals surface area contributed by atoms with Gasteiger partial charge in [0.15, 0.2) is 5.78 Å². The van der Waals surface area contributed by atoms with Gasteiger partial charge in [-0.15, -0.1) is 0 Å². The molecular formula is C20H18N2O2. The molecule has 2 heterocycles. The molecule has 4 heteroatoms. The molecule has 0 radical (unpaired) electrons. The van der Waals surface area contributed by atoms with E-state index >= 15 is 0 Å². The second-order valence-corrected chi connectivity index (χ2v) is 6.11. The van der Waals surface area contributed by atoms with Crippen LogP contribution in [-0.2, 0) is 0 Å². The maximum absolute atomic E-state index is 13.2. The SMILES string of the molecule is O=C(c1ccccc1)c1c(N2CCCC2)[nH]c(=O)c2ccccc12. The molecule has 4 rings (SSSR count). The van der Waals surface area contributed by atoms with Crippen LogP contribution in [0, 0.1) is 0 Å². The fourth-order valence-corrected chi connectivity index (χ4v) is 3.41. The summed E-state index contributed by atoms with van der Waals surface area (Å²) in [6, 6.07) is 16.6. The summed E-state index contributed by atoms with van der Waals surface area (Å²) in [6.45, 7) is 1.73. The lowest BCUT2D eigenvalue weighted by Crippen LogP contribution is -2.26. The molecule has 0 aliphatic carbocycles. The molecule has 0 atom stereocenters. The first kappa shape index (κ1) is 14.7. The number of carbonyl (C=O) groups is 1. The molecule has 2 aromatic carbocycles. The number of ketones is 1. The highest BCUT2D eigenvalue weighted by Crippen LogP contribution is 2.29. The van der Waals surface area contributed by atoms with Crippen molar-refractivity contribution in [3.05, 3.63) is 76.1 Å². The molecule has 1 saturated heterocycles. The number of H-pyrrole nitrogens is 1. The van der Waals surface area contributed by atoms with Crippen molar-refractivity contribution >= 4 is 22.4 Å². The van der Waals surface area contributed by atoms with Crippen LogP contribution in [0.5, 0.6) is 0 Å². The number of rotatable bonds is 3. The highest BCUT2D eigenvalue weighted by Gasteiger charge is 2.24. The summed E-state index contributed by atoms with van der Waals surface area (Å²) >= 11 is 0. The highest BCUT2D eigenvalue weighted by atomic mass is 16.1. The number of pyridine rings is 1. The van der Waals surface area contributed by atoms with E-state index < -0.39 is 0 Å². The molecule has 3 aromatic rings. The van der Waals surface area contributed by atoms with Crippen LogP contribution in [0.15, 0.2) is 59.4 Å². The number of hydrogen-bond acceptors (Lipinski definition) is 3. The molecule has 0 bridgehead atoms. The second kappa shape index (κ2) is 5.96. The summed E-state index contributed by atoms with van der Waals surface area (Å²) in [5.41, 5.74) is 1.09. The number of benzene rings is 2. The zero-order chi connectivity index (χ0) is 16.5. The van der Waals surface area contributed by atoms with Crippen LogP contribution in [0.4, 0.5) is 5.82 Å². The maximum atomic E-state index is 13.2. The van der Waals surface area contributed by atoms with Gasteiger partial charge in [-0.3, -0.25) is 9.59 Å². The molecule has 1 aliphatic heterocycles. The minimum Gasteiger partial charge on any atom is -0.357 e. The first-order valence-electron chi connectivity index (χ1n) is 8.25. The van der Waals surface area contributed by atoms with E-state index in [0.717, 1.165) is 31.3 Å². The van der Waals surface area contributed by atoms with Gasteiger partial charge in [-0.25, -0.2) is 0 Å². The van der Waals surface area contributed by atoms with Gasteiger partial charge in [0, 0.05) is 29.4 Å². The first-order chi connectivity index (χ1) is 11.8. The number of hydrogen-bond donors (Lipinski definition) is 1. The molecule has 1 aromatic heterocycles. The Morgan fingerprint density at radius 3 is 2.21 bits per heavy atom. The highest BCUT2D eigenvalue weighted by molar-refractivity contribution is 6.19. The summed E-state index contributed by atoms with van der Waals surface area (Å²) in [5, 5.41) is 1.27. The third-order valence-electron chi connectivity index (χ3n) is 4.60. The zero-order valence-electron chi connectivity index (χ0n) is 13.3. The molecule has 1 N–H and O–H groups in total. The van der Waals surface area contributed by atoms with Crippen LogP contribution in [0.2, 0.25) is 0 Å². The molecule has 24 heavy (non-hydrogen) atoms. The van der Waals surface area contributed by atoms with Crippen molar-refractivity contribution < 1.29 is 4.79 Å². The zero-order valence-corrected chi connectivity index (χ0v) is 13.3. The molecule has 0 spiro atoms. The summed E-state index contributed by atoms with van der Waals surface area (Å²) in [6.07, 6.45) is 2.15. The molecule has 1 fully saturated rings. The Hall–Kier alpha value is -2.88. The van der Waals surface area contributed by atoms with Crippen molar-refractivity contribution in [2.45, 2.75) is 12.8 Å².